The standard InChI is InChI=1S/C31H35N3O2/c1-5-21(2)24-13-15-26(16-14-24)36-18-17-33-28-12-7-6-11-27(28)32-31(33)25-19-29(35)34(20-25)30-22(3)9-8-10-23(30)4/h6-16,21,25H,5,17-20H2,1-4H3. The summed E-state index contributed by atoms with van der Waals surface area (Å²) in [5.74, 6) is 2.60. The van der Waals surface area contributed by atoms with Gasteiger partial charge >= 0.3 is 0 Å². The highest BCUT2D eigenvalue weighted by atomic mass is 16.5. The highest BCUT2D eigenvalue weighted by molar-refractivity contribution is 5.98. The molecule has 0 saturated carbocycles. The molecular weight excluding hydrogens is 446 g/mol. The van der Waals surface area contributed by atoms with E-state index in [2.05, 4.69) is 74.7 Å². The van der Waals surface area contributed by atoms with Crippen molar-refractivity contribution >= 4 is 22.6 Å². The summed E-state index contributed by atoms with van der Waals surface area (Å²) in [6.07, 6.45) is 1.59. The molecule has 5 heteroatoms. The number of rotatable bonds is 8. The lowest BCUT2D eigenvalue weighted by Crippen LogP contribution is -2.26. The number of carbonyl (C=O) groups is 1. The first-order valence-electron chi connectivity index (χ1n) is 13.0. The number of imidazole rings is 1. The smallest absolute Gasteiger partial charge is 0.227 e. The Balaban J connectivity index is 1.37. The van der Waals surface area contributed by atoms with Crippen LogP contribution in [0, 0.1) is 13.8 Å². The quantitative estimate of drug-likeness (QED) is 0.279. The van der Waals surface area contributed by atoms with Gasteiger partial charge in [0.1, 0.15) is 18.2 Å². The number of carbonyl (C=O) groups excluding carboxylic acids is 1. The van der Waals surface area contributed by atoms with Gasteiger partial charge in [0.15, 0.2) is 0 Å². The van der Waals surface area contributed by atoms with E-state index in [1.807, 2.05) is 29.2 Å². The minimum absolute atomic E-state index is 0.0405. The van der Waals surface area contributed by atoms with Gasteiger partial charge in [-0.05, 0) is 67.1 Å². The molecule has 3 aromatic carbocycles. The molecule has 2 unspecified atom stereocenters. The van der Waals surface area contributed by atoms with Crippen molar-refractivity contribution in [1.29, 1.82) is 0 Å². The second kappa shape index (κ2) is 10.2. The van der Waals surface area contributed by atoms with Crippen molar-refractivity contribution in [1.82, 2.24) is 9.55 Å². The van der Waals surface area contributed by atoms with Gasteiger partial charge < -0.3 is 14.2 Å². The fourth-order valence-electron chi connectivity index (χ4n) is 5.35. The summed E-state index contributed by atoms with van der Waals surface area (Å²) in [6, 6.07) is 22.8. The Morgan fingerprint density at radius 2 is 1.72 bits per heavy atom. The van der Waals surface area contributed by atoms with Crippen LogP contribution in [0.4, 0.5) is 5.69 Å². The van der Waals surface area contributed by atoms with Gasteiger partial charge in [-0.3, -0.25) is 4.79 Å². The zero-order valence-electron chi connectivity index (χ0n) is 21.7. The molecule has 0 N–H and O–H groups in total. The maximum absolute atomic E-state index is 13.1. The molecular formula is C31H35N3O2. The summed E-state index contributed by atoms with van der Waals surface area (Å²) >= 11 is 0. The average molecular weight is 482 g/mol. The molecule has 1 amide bonds. The minimum atomic E-state index is 0.0405. The molecule has 4 aromatic rings. The van der Waals surface area contributed by atoms with Crippen LogP contribution in [0.5, 0.6) is 5.75 Å². The number of aryl methyl sites for hydroxylation is 2. The SMILES string of the molecule is CCC(C)c1ccc(OCCn2c(C3CC(=O)N(c4c(C)cccc4C)C3)nc3ccccc32)cc1. The fraction of sp³-hybridized carbons (Fsp3) is 0.355. The van der Waals surface area contributed by atoms with Gasteiger partial charge in [-0.2, -0.15) is 0 Å². The summed E-state index contributed by atoms with van der Waals surface area (Å²) in [5, 5.41) is 0. The minimum Gasteiger partial charge on any atom is -0.492 e. The van der Waals surface area contributed by atoms with E-state index in [9.17, 15) is 4.79 Å². The first kappa shape index (κ1) is 24.1. The first-order valence-corrected chi connectivity index (χ1v) is 13.0. The molecule has 0 radical (unpaired) electrons. The molecule has 1 saturated heterocycles. The van der Waals surface area contributed by atoms with Crippen molar-refractivity contribution in [3.05, 3.63) is 89.2 Å². The Hall–Kier alpha value is -3.60. The largest absolute Gasteiger partial charge is 0.492 e. The Labute approximate surface area is 213 Å². The van der Waals surface area contributed by atoms with Crippen molar-refractivity contribution in [3.63, 3.8) is 0 Å². The van der Waals surface area contributed by atoms with Gasteiger partial charge in [-0.25, -0.2) is 4.98 Å². The molecule has 2 atom stereocenters. The molecule has 0 aliphatic carbocycles. The van der Waals surface area contributed by atoms with Gasteiger partial charge in [0.25, 0.3) is 0 Å². The molecule has 2 heterocycles. The van der Waals surface area contributed by atoms with E-state index < -0.39 is 0 Å². The average Bonchev–Trinajstić information content (AvgIpc) is 3.44. The van der Waals surface area contributed by atoms with E-state index in [-0.39, 0.29) is 11.8 Å². The number of anilines is 1. The van der Waals surface area contributed by atoms with E-state index in [1.54, 1.807) is 0 Å². The molecule has 1 aliphatic heterocycles. The normalized spacial score (nSPS) is 16.6. The van der Waals surface area contributed by atoms with Gasteiger partial charge in [0.2, 0.25) is 5.91 Å². The highest BCUT2D eigenvalue weighted by Gasteiger charge is 2.35. The highest BCUT2D eigenvalue weighted by Crippen LogP contribution is 2.36. The third-order valence-electron chi connectivity index (χ3n) is 7.53. The summed E-state index contributed by atoms with van der Waals surface area (Å²) in [4.78, 5) is 20.1. The molecule has 1 aromatic heterocycles. The summed E-state index contributed by atoms with van der Waals surface area (Å²) in [7, 11) is 0. The molecule has 5 nitrogen and oxygen atoms in total. The molecule has 36 heavy (non-hydrogen) atoms. The van der Waals surface area contributed by atoms with E-state index in [4.69, 9.17) is 9.72 Å². The van der Waals surface area contributed by atoms with Crippen LogP contribution in [-0.2, 0) is 11.3 Å². The van der Waals surface area contributed by atoms with Crippen LogP contribution in [0.15, 0.2) is 66.7 Å². The lowest BCUT2D eigenvalue weighted by Gasteiger charge is -2.21. The number of para-hydroxylation sites is 3. The van der Waals surface area contributed by atoms with E-state index in [0.29, 0.717) is 32.0 Å². The predicted octanol–water partition coefficient (Wildman–Crippen LogP) is 6.77. The number of benzene rings is 3. The van der Waals surface area contributed by atoms with Crippen LogP contribution >= 0.6 is 0 Å². The molecule has 1 fully saturated rings. The number of hydrogen-bond donors (Lipinski definition) is 0. The Morgan fingerprint density at radius 1 is 1.00 bits per heavy atom. The predicted molar refractivity (Wildman–Crippen MR) is 146 cm³/mol. The van der Waals surface area contributed by atoms with E-state index >= 15 is 0 Å². The van der Waals surface area contributed by atoms with Crippen LogP contribution in [0.1, 0.15) is 61.0 Å². The summed E-state index contributed by atoms with van der Waals surface area (Å²) in [6.45, 7) is 10.5. The maximum Gasteiger partial charge on any atom is 0.227 e. The number of nitrogens with zero attached hydrogens (tertiary/aromatic N) is 3. The zero-order valence-corrected chi connectivity index (χ0v) is 21.7. The van der Waals surface area contributed by atoms with Crippen molar-refractivity contribution in [3.8, 4) is 5.75 Å². The third-order valence-corrected chi connectivity index (χ3v) is 7.53. The van der Waals surface area contributed by atoms with Gasteiger partial charge in [0.05, 0.1) is 17.6 Å². The second-order valence-electron chi connectivity index (χ2n) is 9.98. The van der Waals surface area contributed by atoms with E-state index in [0.717, 1.165) is 45.8 Å². The van der Waals surface area contributed by atoms with E-state index in [1.165, 1.54) is 5.56 Å². The lowest BCUT2D eigenvalue weighted by atomic mass is 9.99. The van der Waals surface area contributed by atoms with Crippen molar-refractivity contribution < 1.29 is 9.53 Å². The Bertz CT molecular complexity index is 1350. The van der Waals surface area contributed by atoms with Crippen molar-refractivity contribution in [2.45, 2.75) is 58.9 Å². The maximum atomic E-state index is 13.1. The van der Waals surface area contributed by atoms with Crippen LogP contribution in [0.2, 0.25) is 0 Å². The Morgan fingerprint density at radius 3 is 2.44 bits per heavy atom. The van der Waals surface area contributed by atoms with Crippen LogP contribution < -0.4 is 9.64 Å². The molecule has 0 spiro atoms. The second-order valence-corrected chi connectivity index (χ2v) is 9.98. The van der Waals surface area contributed by atoms with Crippen molar-refractivity contribution in [2.24, 2.45) is 0 Å². The molecule has 0 bridgehead atoms. The van der Waals surface area contributed by atoms with Crippen LogP contribution in [0.3, 0.4) is 0 Å². The van der Waals surface area contributed by atoms with Crippen molar-refractivity contribution in [2.75, 3.05) is 18.1 Å². The molecule has 1 aliphatic rings. The molecule has 186 valence electrons. The number of aromatic nitrogens is 2. The van der Waals surface area contributed by atoms with Gasteiger partial charge in [-0.1, -0.05) is 56.3 Å². The van der Waals surface area contributed by atoms with Crippen LogP contribution in [0.25, 0.3) is 11.0 Å². The number of amides is 1. The fourth-order valence-corrected chi connectivity index (χ4v) is 5.35. The number of fused-ring (bicyclic) bond motifs is 1. The monoisotopic (exact) mass is 481 g/mol. The number of ether oxygens (including phenoxy) is 1. The van der Waals surface area contributed by atoms with Gasteiger partial charge in [-0.15, -0.1) is 0 Å². The zero-order chi connectivity index (χ0) is 25.2. The number of hydrogen-bond acceptors (Lipinski definition) is 3. The molecule has 5 rings (SSSR count). The first-order chi connectivity index (χ1) is 17.5. The van der Waals surface area contributed by atoms with Gasteiger partial charge in [0, 0.05) is 24.6 Å². The lowest BCUT2D eigenvalue weighted by molar-refractivity contribution is -0.117. The third kappa shape index (κ3) is 4.62. The van der Waals surface area contributed by atoms with Crippen LogP contribution in [-0.4, -0.2) is 28.6 Å². The summed E-state index contributed by atoms with van der Waals surface area (Å²) < 4.78 is 8.38. The Kier molecular flexibility index (Phi) is 6.82. The topological polar surface area (TPSA) is 47.4 Å². The summed E-state index contributed by atoms with van der Waals surface area (Å²) in [5.41, 5.74) is 6.68.